The number of furan rings is 1. The van der Waals surface area contributed by atoms with Gasteiger partial charge in [-0.15, -0.1) is 0 Å². The Labute approximate surface area is 153 Å². The van der Waals surface area contributed by atoms with Gasteiger partial charge in [0.25, 0.3) is 5.91 Å². The number of hydrogen-bond donors (Lipinski definition) is 2. The molecule has 0 spiro atoms. The number of amides is 2. The summed E-state index contributed by atoms with van der Waals surface area (Å²) >= 11 is 5.86. The van der Waals surface area contributed by atoms with Crippen LogP contribution in [0.1, 0.15) is 20.9 Å². The average Bonchev–Trinajstić information content (AvgIpc) is 3.11. The SMILES string of the molecule is O=C(NNC(=O)c1cc2c(ccc3ccccc32)o1)c1cccc(Cl)c1. The van der Waals surface area contributed by atoms with Gasteiger partial charge in [-0.2, -0.15) is 0 Å². The van der Waals surface area contributed by atoms with Crippen molar-refractivity contribution in [3.8, 4) is 0 Å². The molecule has 1 aromatic heterocycles. The largest absolute Gasteiger partial charge is 0.451 e. The van der Waals surface area contributed by atoms with Crippen molar-refractivity contribution in [3.05, 3.63) is 83.1 Å². The fourth-order valence-electron chi connectivity index (χ4n) is 2.78. The standard InChI is InChI=1S/C20H13ClN2O3/c21-14-6-3-5-13(10-14)19(24)22-23-20(25)18-11-16-15-7-2-1-4-12(15)8-9-17(16)26-18/h1-11H,(H,22,24)(H,23,25). The molecule has 1 heterocycles. The van der Waals surface area contributed by atoms with Gasteiger partial charge in [0.2, 0.25) is 0 Å². The molecule has 4 rings (SSSR count). The Hall–Kier alpha value is -3.31. The van der Waals surface area contributed by atoms with Crippen molar-refractivity contribution < 1.29 is 14.0 Å². The Morgan fingerprint density at radius 2 is 1.62 bits per heavy atom. The summed E-state index contributed by atoms with van der Waals surface area (Å²) in [6, 6.07) is 19.7. The Kier molecular flexibility index (Phi) is 4.07. The maximum absolute atomic E-state index is 12.3. The van der Waals surface area contributed by atoms with Crippen molar-refractivity contribution in [2.24, 2.45) is 0 Å². The van der Waals surface area contributed by atoms with Crippen LogP contribution in [-0.4, -0.2) is 11.8 Å². The predicted molar refractivity (Wildman–Crippen MR) is 100 cm³/mol. The Balaban J connectivity index is 1.55. The van der Waals surface area contributed by atoms with Crippen LogP contribution in [0.3, 0.4) is 0 Å². The van der Waals surface area contributed by atoms with E-state index in [2.05, 4.69) is 10.9 Å². The summed E-state index contributed by atoms with van der Waals surface area (Å²) in [6.07, 6.45) is 0. The Morgan fingerprint density at radius 1 is 0.808 bits per heavy atom. The van der Waals surface area contributed by atoms with E-state index in [0.29, 0.717) is 16.2 Å². The third-order valence-electron chi connectivity index (χ3n) is 4.03. The molecule has 0 aliphatic carbocycles. The Bertz CT molecular complexity index is 1150. The zero-order valence-electron chi connectivity index (χ0n) is 13.5. The second-order valence-corrected chi connectivity index (χ2v) is 6.16. The van der Waals surface area contributed by atoms with E-state index in [9.17, 15) is 9.59 Å². The Morgan fingerprint density at radius 3 is 2.46 bits per heavy atom. The maximum Gasteiger partial charge on any atom is 0.305 e. The lowest BCUT2D eigenvalue weighted by Crippen LogP contribution is -2.41. The van der Waals surface area contributed by atoms with Crippen molar-refractivity contribution in [2.75, 3.05) is 0 Å². The van der Waals surface area contributed by atoms with E-state index >= 15 is 0 Å². The number of benzene rings is 3. The molecular formula is C20H13ClN2O3. The zero-order valence-corrected chi connectivity index (χ0v) is 14.2. The normalized spacial score (nSPS) is 10.8. The molecule has 0 unspecified atom stereocenters. The smallest absolute Gasteiger partial charge is 0.305 e. The first-order chi connectivity index (χ1) is 12.6. The van der Waals surface area contributed by atoms with E-state index < -0.39 is 11.8 Å². The van der Waals surface area contributed by atoms with Crippen LogP contribution in [-0.2, 0) is 0 Å². The highest BCUT2D eigenvalue weighted by molar-refractivity contribution is 6.31. The van der Waals surface area contributed by atoms with Crippen molar-refractivity contribution in [1.82, 2.24) is 10.9 Å². The molecular weight excluding hydrogens is 352 g/mol. The van der Waals surface area contributed by atoms with Gasteiger partial charge in [0.05, 0.1) is 0 Å². The van der Waals surface area contributed by atoms with Gasteiger partial charge in [-0.1, -0.05) is 48.0 Å². The van der Waals surface area contributed by atoms with Gasteiger partial charge in [-0.05, 0) is 41.1 Å². The molecule has 0 saturated heterocycles. The van der Waals surface area contributed by atoms with Crippen LogP contribution in [0.15, 0.2) is 71.1 Å². The summed E-state index contributed by atoms with van der Waals surface area (Å²) < 4.78 is 5.61. The average molecular weight is 365 g/mol. The number of hydrogen-bond acceptors (Lipinski definition) is 3. The lowest BCUT2D eigenvalue weighted by atomic mass is 10.1. The molecule has 2 amide bonds. The predicted octanol–water partition coefficient (Wildman–Crippen LogP) is 4.31. The van der Waals surface area contributed by atoms with Crippen molar-refractivity contribution in [2.45, 2.75) is 0 Å². The van der Waals surface area contributed by atoms with E-state index in [1.165, 1.54) is 6.07 Å². The molecule has 0 aliphatic heterocycles. The number of rotatable bonds is 2. The molecule has 3 aromatic carbocycles. The number of nitrogens with one attached hydrogen (secondary N) is 2. The van der Waals surface area contributed by atoms with Gasteiger partial charge in [-0.3, -0.25) is 20.4 Å². The van der Waals surface area contributed by atoms with Gasteiger partial charge >= 0.3 is 5.91 Å². The summed E-state index contributed by atoms with van der Waals surface area (Å²) in [5.41, 5.74) is 5.65. The zero-order chi connectivity index (χ0) is 18.1. The number of hydrazine groups is 1. The molecule has 4 aromatic rings. The van der Waals surface area contributed by atoms with Crippen LogP contribution >= 0.6 is 11.6 Å². The number of fused-ring (bicyclic) bond motifs is 3. The molecule has 0 atom stereocenters. The molecule has 6 heteroatoms. The van der Waals surface area contributed by atoms with Crippen LogP contribution in [0.5, 0.6) is 0 Å². The third kappa shape index (κ3) is 3.00. The first-order valence-electron chi connectivity index (χ1n) is 7.89. The minimum atomic E-state index is -0.541. The highest BCUT2D eigenvalue weighted by atomic mass is 35.5. The molecule has 128 valence electrons. The van der Waals surface area contributed by atoms with Gasteiger partial charge in [0.15, 0.2) is 5.76 Å². The minimum Gasteiger partial charge on any atom is -0.451 e. The van der Waals surface area contributed by atoms with E-state index in [1.54, 1.807) is 24.3 Å². The second-order valence-electron chi connectivity index (χ2n) is 5.73. The van der Waals surface area contributed by atoms with Crippen LogP contribution in [0.2, 0.25) is 5.02 Å². The molecule has 0 fully saturated rings. The summed E-state index contributed by atoms with van der Waals surface area (Å²) in [5.74, 6) is -0.897. The third-order valence-corrected chi connectivity index (χ3v) is 4.26. The number of carbonyl (C=O) groups is 2. The van der Waals surface area contributed by atoms with Gasteiger partial charge in [-0.25, -0.2) is 0 Å². The summed E-state index contributed by atoms with van der Waals surface area (Å²) in [4.78, 5) is 24.4. The molecule has 0 aliphatic rings. The quantitative estimate of drug-likeness (QED) is 0.520. The van der Waals surface area contributed by atoms with Crippen LogP contribution in [0.25, 0.3) is 21.7 Å². The van der Waals surface area contributed by atoms with E-state index in [0.717, 1.165) is 16.2 Å². The topological polar surface area (TPSA) is 71.3 Å². The second kappa shape index (κ2) is 6.54. The highest BCUT2D eigenvalue weighted by Crippen LogP contribution is 2.28. The monoisotopic (exact) mass is 364 g/mol. The van der Waals surface area contributed by atoms with E-state index in [1.807, 2.05) is 36.4 Å². The molecule has 0 saturated carbocycles. The molecule has 2 N–H and O–H groups in total. The lowest BCUT2D eigenvalue weighted by molar-refractivity contribution is 0.0832. The fraction of sp³-hybridized carbons (Fsp3) is 0. The van der Waals surface area contributed by atoms with Crippen molar-refractivity contribution in [3.63, 3.8) is 0 Å². The maximum atomic E-state index is 12.3. The summed E-state index contributed by atoms with van der Waals surface area (Å²) in [5, 5.41) is 3.33. The fourth-order valence-corrected chi connectivity index (χ4v) is 2.97. The van der Waals surface area contributed by atoms with E-state index in [4.69, 9.17) is 16.0 Å². The number of carbonyl (C=O) groups excluding carboxylic acids is 2. The van der Waals surface area contributed by atoms with Gasteiger partial charge in [0, 0.05) is 16.0 Å². The molecule has 0 radical (unpaired) electrons. The van der Waals surface area contributed by atoms with Crippen LogP contribution < -0.4 is 10.9 Å². The van der Waals surface area contributed by atoms with Crippen molar-refractivity contribution >= 4 is 45.2 Å². The summed E-state index contributed by atoms with van der Waals surface area (Å²) in [7, 11) is 0. The molecule has 5 nitrogen and oxygen atoms in total. The first-order valence-corrected chi connectivity index (χ1v) is 8.27. The van der Waals surface area contributed by atoms with Gasteiger partial charge < -0.3 is 4.42 Å². The van der Waals surface area contributed by atoms with Crippen molar-refractivity contribution in [1.29, 1.82) is 0 Å². The van der Waals surface area contributed by atoms with E-state index in [-0.39, 0.29) is 5.76 Å². The minimum absolute atomic E-state index is 0.114. The van der Waals surface area contributed by atoms with Crippen LogP contribution in [0.4, 0.5) is 0 Å². The molecule has 0 bridgehead atoms. The van der Waals surface area contributed by atoms with Crippen LogP contribution in [0, 0.1) is 0 Å². The number of halogens is 1. The lowest BCUT2D eigenvalue weighted by Gasteiger charge is -2.05. The summed E-state index contributed by atoms with van der Waals surface area (Å²) in [6.45, 7) is 0. The first kappa shape index (κ1) is 16.2. The van der Waals surface area contributed by atoms with Gasteiger partial charge in [0.1, 0.15) is 5.58 Å². The highest BCUT2D eigenvalue weighted by Gasteiger charge is 2.15. The molecule has 26 heavy (non-hydrogen) atoms.